The Balaban J connectivity index is 1.55. The van der Waals surface area contributed by atoms with Gasteiger partial charge in [-0.3, -0.25) is 0 Å². The topological polar surface area (TPSA) is 53.0 Å². The van der Waals surface area contributed by atoms with Gasteiger partial charge in [0.05, 0.1) is 23.0 Å². The van der Waals surface area contributed by atoms with Crippen molar-refractivity contribution in [1.82, 2.24) is 24.8 Å². The van der Waals surface area contributed by atoms with E-state index in [-0.39, 0.29) is 6.04 Å². The van der Waals surface area contributed by atoms with Crippen LogP contribution < -0.4 is 4.90 Å². The number of hydrogen-bond acceptors (Lipinski definition) is 5. The number of quaternary nitrogens is 1. The van der Waals surface area contributed by atoms with Gasteiger partial charge in [-0.25, -0.2) is 4.98 Å². The van der Waals surface area contributed by atoms with Gasteiger partial charge in [0.15, 0.2) is 11.7 Å². The standard InChI is InChI=1S/C18H18N6S2/c1-13(17-19-15-10-6-7-11-16(15)26-17)22(2)12-23-18(25)24(21-20-23)14-8-4-3-5-9-14/h3-11,13H,12H2,1-2H3/p+1/t13-/m0/s1. The summed E-state index contributed by atoms with van der Waals surface area (Å²) in [4.78, 5) is 6.02. The van der Waals surface area contributed by atoms with Crippen LogP contribution in [0.1, 0.15) is 18.0 Å². The lowest BCUT2D eigenvalue weighted by atomic mass is 10.3. The van der Waals surface area contributed by atoms with Crippen LogP contribution in [0.25, 0.3) is 15.9 Å². The molecule has 0 aliphatic heterocycles. The number of para-hydroxylation sites is 2. The molecule has 0 bridgehead atoms. The molecule has 2 aromatic carbocycles. The highest BCUT2D eigenvalue weighted by Gasteiger charge is 2.21. The van der Waals surface area contributed by atoms with Crippen LogP contribution in [0.15, 0.2) is 54.6 Å². The third-order valence-electron chi connectivity index (χ3n) is 4.46. The third-order valence-corrected chi connectivity index (χ3v) is 6.06. The molecule has 0 aliphatic carbocycles. The summed E-state index contributed by atoms with van der Waals surface area (Å²) in [5.41, 5.74) is 1.97. The highest BCUT2D eigenvalue weighted by atomic mass is 32.1. The number of thiazole rings is 1. The summed E-state index contributed by atoms with van der Waals surface area (Å²) in [6, 6.07) is 18.3. The summed E-state index contributed by atoms with van der Waals surface area (Å²) in [6.07, 6.45) is 0. The van der Waals surface area contributed by atoms with E-state index in [9.17, 15) is 0 Å². The van der Waals surface area contributed by atoms with Crippen molar-refractivity contribution in [2.45, 2.75) is 19.6 Å². The summed E-state index contributed by atoms with van der Waals surface area (Å²) in [7, 11) is 2.13. The molecule has 2 atom stereocenters. The molecule has 2 aromatic heterocycles. The molecule has 1 unspecified atom stereocenters. The zero-order valence-corrected chi connectivity index (χ0v) is 16.2. The van der Waals surface area contributed by atoms with Crippen molar-refractivity contribution in [1.29, 1.82) is 0 Å². The number of nitrogens with one attached hydrogen (secondary N) is 1. The van der Waals surface area contributed by atoms with Crippen molar-refractivity contribution in [3.05, 3.63) is 64.4 Å². The Morgan fingerprint density at radius 3 is 2.58 bits per heavy atom. The molecule has 0 radical (unpaired) electrons. The van der Waals surface area contributed by atoms with Crippen LogP contribution in [0, 0.1) is 4.77 Å². The first-order valence-corrected chi connectivity index (χ1v) is 9.62. The summed E-state index contributed by atoms with van der Waals surface area (Å²) < 4.78 is 5.26. The van der Waals surface area contributed by atoms with Crippen molar-refractivity contribution in [2.24, 2.45) is 0 Å². The lowest BCUT2D eigenvalue weighted by molar-refractivity contribution is -0.933. The van der Waals surface area contributed by atoms with Crippen LogP contribution in [-0.4, -0.2) is 31.8 Å². The minimum atomic E-state index is 0.233. The number of benzene rings is 2. The second kappa shape index (κ2) is 7.06. The van der Waals surface area contributed by atoms with E-state index < -0.39 is 0 Å². The Hall–Kier alpha value is -2.42. The van der Waals surface area contributed by atoms with Gasteiger partial charge in [-0.2, -0.15) is 9.36 Å². The molecule has 132 valence electrons. The van der Waals surface area contributed by atoms with Gasteiger partial charge in [-0.05, 0) is 53.8 Å². The maximum atomic E-state index is 5.56. The zero-order chi connectivity index (χ0) is 18.1. The predicted octanol–water partition coefficient (Wildman–Crippen LogP) is 2.64. The normalized spacial score (nSPS) is 13.8. The molecule has 2 heterocycles. The molecule has 8 heteroatoms. The van der Waals surface area contributed by atoms with Crippen LogP contribution in [0.5, 0.6) is 0 Å². The SMILES string of the molecule is C[C@@H](c1nc2ccccc2s1)[NH+](C)Cn1nnn(-c2ccccc2)c1=S. The number of fused-ring (bicyclic) bond motifs is 1. The van der Waals surface area contributed by atoms with Crippen LogP contribution in [0.4, 0.5) is 0 Å². The Morgan fingerprint density at radius 2 is 1.81 bits per heavy atom. The molecular formula is C18H19N6S2+. The van der Waals surface area contributed by atoms with E-state index in [1.807, 2.05) is 42.5 Å². The van der Waals surface area contributed by atoms with Gasteiger partial charge in [0.2, 0.25) is 4.77 Å². The Kier molecular flexibility index (Phi) is 4.62. The van der Waals surface area contributed by atoms with Crippen molar-refractivity contribution >= 4 is 33.8 Å². The molecule has 6 nitrogen and oxygen atoms in total. The van der Waals surface area contributed by atoms with Crippen LogP contribution >= 0.6 is 23.6 Å². The molecule has 0 saturated carbocycles. The second-order valence-electron chi connectivity index (χ2n) is 6.25. The predicted molar refractivity (Wildman–Crippen MR) is 105 cm³/mol. The molecule has 0 aliphatic rings. The molecule has 0 fully saturated rings. The smallest absolute Gasteiger partial charge is 0.225 e. The molecule has 0 amide bonds. The Morgan fingerprint density at radius 1 is 1.08 bits per heavy atom. The molecule has 0 spiro atoms. The minimum absolute atomic E-state index is 0.233. The van der Waals surface area contributed by atoms with E-state index in [0.717, 1.165) is 16.2 Å². The van der Waals surface area contributed by atoms with Gasteiger partial charge in [0, 0.05) is 0 Å². The first-order valence-electron chi connectivity index (χ1n) is 8.39. The maximum absolute atomic E-state index is 5.56. The molecule has 4 aromatic rings. The molecule has 26 heavy (non-hydrogen) atoms. The number of hydrogen-bond donors (Lipinski definition) is 1. The van der Waals surface area contributed by atoms with Gasteiger partial charge in [0.25, 0.3) is 0 Å². The fourth-order valence-corrected chi connectivity index (χ4v) is 4.12. The highest BCUT2D eigenvalue weighted by Crippen LogP contribution is 2.24. The van der Waals surface area contributed by atoms with Crippen molar-refractivity contribution in [2.75, 3.05) is 7.05 Å². The third kappa shape index (κ3) is 3.18. The summed E-state index contributed by atoms with van der Waals surface area (Å²) in [5.74, 6) is 0. The monoisotopic (exact) mass is 383 g/mol. The largest absolute Gasteiger partial charge is 0.311 e. The summed E-state index contributed by atoms with van der Waals surface area (Å²) >= 11 is 7.30. The molecular weight excluding hydrogens is 364 g/mol. The van der Waals surface area contributed by atoms with E-state index in [2.05, 4.69) is 36.5 Å². The number of rotatable bonds is 5. The maximum Gasteiger partial charge on any atom is 0.225 e. The zero-order valence-electron chi connectivity index (χ0n) is 14.5. The average molecular weight is 384 g/mol. The lowest BCUT2D eigenvalue weighted by Crippen LogP contribution is -3.08. The Labute approximate surface area is 160 Å². The van der Waals surface area contributed by atoms with Crippen molar-refractivity contribution in [3.8, 4) is 5.69 Å². The van der Waals surface area contributed by atoms with Crippen molar-refractivity contribution in [3.63, 3.8) is 0 Å². The minimum Gasteiger partial charge on any atom is -0.311 e. The number of aromatic nitrogens is 5. The quantitative estimate of drug-likeness (QED) is 0.539. The average Bonchev–Trinajstić information content (AvgIpc) is 3.26. The number of nitrogens with zero attached hydrogens (tertiary/aromatic N) is 5. The van der Waals surface area contributed by atoms with E-state index >= 15 is 0 Å². The fourth-order valence-electron chi connectivity index (χ4n) is 2.76. The van der Waals surface area contributed by atoms with Crippen molar-refractivity contribution < 1.29 is 4.90 Å². The van der Waals surface area contributed by atoms with E-state index in [1.165, 1.54) is 9.60 Å². The first kappa shape index (κ1) is 17.0. The Bertz CT molecular complexity index is 1050. The van der Waals surface area contributed by atoms with Gasteiger partial charge < -0.3 is 4.90 Å². The van der Waals surface area contributed by atoms with E-state index in [4.69, 9.17) is 17.2 Å². The first-order chi connectivity index (χ1) is 12.6. The highest BCUT2D eigenvalue weighted by molar-refractivity contribution is 7.71. The summed E-state index contributed by atoms with van der Waals surface area (Å²) in [6.45, 7) is 2.81. The molecule has 4 rings (SSSR count). The number of tetrazole rings is 1. The molecule has 0 saturated heterocycles. The van der Waals surface area contributed by atoms with E-state index in [0.29, 0.717) is 11.4 Å². The van der Waals surface area contributed by atoms with Crippen LogP contribution in [-0.2, 0) is 6.67 Å². The van der Waals surface area contributed by atoms with E-state index in [1.54, 1.807) is 20.7 Å². The molecule has 1 N–H and O–H groups in total. The second-order valence-corrected chi connectivity index (χ2v) is 7.68. The fraction of sp³-hybridized carbons (Fsp3) is 0.222. The lowest BCUT2D eigenvalue weighted by Gasteiger charge is -2.19. The summed E-state index contributed by atoms with van der Waals surface area (Å²) in [5, 5.41) is 9.56. The van der Waals surface area contributed by atoms with Gasteiger partial charge in [-0.1, -0.05) is 30.3 Å². The van der Waals surface area contributed by atoms with Crippen LogP contribution in [0.2, 0.25) is 0 Å². The van der Waals surface area contributed by atoms with Gasteiger partial charge >= 0.3 is 0 Å². The van der Waals surface area contributed by atoms with Crippen LogP contribution in [0.3, 0.4) is 0 Å². The van der Waals surface area contributed by atoms with Gasteiger partial charge in [0.1, 0.15) is 6.04 Å². The van der Waals surface area contributed by atoms with Gasteiger partial charge in [-0.15, -0.1) is 11.3 Å².